The van der Waals surface area contributed by atoms with E-state index in [0.29, 0.717) is 33.0 Å². The average Bonchev–Trinajstić information content (AvgIpc) is 3.94. The number of benzene rings is 8. The van der Waals surface area contributed by atoms with E-state index in [9.17, 15) is 0 Å². The van der Waals surface area contributed by atoms with E-state index in [4.69, 9.17) is 16.8 Å². The number of nitrogens with zero attached hydrogens (tertiary/aromatic N) is 2. The van der Waals surface area contributed by atoms with Crippen molar-refractivity contribution < 1.29 is 16.8 Å². The van der Waals surface area contributed by atoms with E-state index in [-0.39, 0.29) is 41.8 Å². The number of furan rings is 1. The first-order valence-electron chi connectivity index (χ1n) is 21.2. The van der Waals surface area contributed by atoms with Crippen molar-refractivity contribution >= 4 is 65.6 Å². The highest BCUT2D eigenvalue weighted by Gasteiger charge is 2.18. The molecule has 11 rings (SSSR count). The smallest absolute Gasteiger partial charge is 0.136 e. The number of aromatic nitrogens is 2. The van der Waals surface area contributed by atoms with E-state index in [1.165, 1.54) is 0 Å². The van der Waals surface area contributed by atoms with Gasteiger partial charge in [-0.2, -0.15) is 0 Å². The van der Waals surface area contributed by atoms with Crippen LogP contribution in [-0.2, 0) is 0 Å². The van der Waals surface area contributed by atoms with Crippen LogP contribution in [-0.4, -0.2) is 9.13 Å². The zero-order valence-corrected chi connectivity index (χ0v) is 26.9. The summed E-state index contributed by atoms with van der Waals surface area (Å²) in [5.41, 5.74) is 8.37. The van der Waals surface area contributed by atoms with E-state index in [1.807, 2.05) is 89.5 Å². The molecule has 3 nitrogen and oxygen atoms in total. The van der Waals surface area contributed by atoms with Crippen LogP contribution in [0.25, 0.3) is 99.2 Å². The van der Waals surface area contributed by atoms with Crippen molar-refractivity contribution in [3.63, 3.8) is 0 Å². The lowest BCUT2D eigenvalue weighted by Gasteiger charge is -2.10. The number of rotatable bonds is 4. The highest BCUT2D eigenvalue weighted by Crippen LogP contribution is 2.41. The third kappa shape index (κ3) is 4.19. The topological polar surface area (TPSA) is 23.0 Å². The summed E-state index contributed by atoms with van der Waals surface area (Å²) in [6.45, 7) is 0. The van der Waals surface area contributed by atoms with Gasteiger partial charge in [0.05, 0.1) is 34.4 Å². The maximum absolute atomic E-state index is 8.97. The van der Waals surface area contributed by atoms with Gasteiger partial charge < -0.3 is 13.6 Å². The molecule has 0 fully saturated rings. The van der Waals surface area contributed by atoms with Crippen LogP contribution in [0.2, 0.25) is 0 Å². The molecule has 0 aliphatic rings. The number of fused-ring (bicyclic) bond motifs is 9. The van der Waals surface area contributed by atoms with E-state index in [0.717, 1.165) is 60.6 Å². The third-order valence-electron chi connectivity index (χ3n) is 9.92. The molecular formula is C48H30N2O. The number of hydrogen-bond donors (Lipinski definition) is 0. The van der Waals surface area contributed by atoms with Crippen LogP contribution < -0.4 is 0 Å². The van der Waals surface area contributed by atoms with E-state index in [1.54, 1.807) is 12.1 Å². The van der Waals surface area contributed by atoms with Gasteiger partial charge in [-0.3, -0.25) is 0 Å². The van der Waals surface area contributed by atoms with Crippen molar-refractivity contribution in [2.24, 2.45) is 0 Å². The van der Waals surface area contributed by atoms with Gasteiger partial charge >= 0.3 is 0 Å². The van der Waals surface area contributed by atoms with Crippen LogP contribution in [0.4, 0.5) is 0 Å². The molecule has 8 aromatic carbocycles. The maximum Gasteiger partial charge on any atom is 0.136 e. The van der Waals surface area contributed by atoms with E-state index < -0.39 is 18.1 Å². The number of para-hydroxylation sites is 3. The minimum Gasteiger partial charge on any atom is -0.456 e. The van der Waals surface area contributed by atoms with Gasteiger partial charge in [-0.05, 0) is 95.0 Å². The Labute approximate surface area is 306 Å². The maximum atomic E-state index is 8.97. The van der Waals surface area contributed by atoms with Crippen molar-refractivity contribution in [1.82, 2.24) is 9.13 Å². The third-order valence-corrected chi connectivity index (χ3v) is 9.92. The molecule has 0 bridgehead atoms. The Morgan fingerprint density at radius 3 is 1.90 bits per heavy atom. The summed E-state index contributed by atoms with van der Waals surface area (Å²) in [4.78, 5) is 0. The normalized spacial score (nSPS) is 14.4. The predicted molar refractivity (Wildman–Crippen MR) is 213 cm³/mol. The quantitative estimate of drug-likeness (QED) is 0.184. The monoisotopic (exact) mass is 659 g/mol. The fourth-order valence-electron chi connectivity index (χ4n) is 7.72. The zero-order valence-electron chi connectivity index (χ0n) is 35.9. The van der Waals surface area contributed by atoms with Crippen LogP contribution in [0.1, 0.15) is 12.3 Å². The lowest BCUT2D eigenvalue weighted by molar-refractivity contribution is 0.669. The second-order valence-corrected chi connectivity index (χ2v) is 12.7. The molecule has 0 atom stereocenters. The Hall–Kier alpha value is -6.84. The summed E-state index contributed by atoms with van der Waals surface area (Å²) in [6.07, 6.45) is 0. The van der Waals surface area contributed by atoms with Crippen molar-refractivity contribution in [2.75, 3.05) is 0 Å². The molecule has 0 spiro atoms. The molecule has 0 amide bonds. The van der Waals surface area contributed by atoms with Gasteiger partial charge in [0.25, 0.3) is 0 Å². The zero-order chi connectivity index (χ0) is 41.3. The summed E-state index contributed by atoms with van der Waals surface area (Å²) < 4.78 is 87.6. The van der Waals surface area contributed by atoms with E-state index >= 15 is 0 Å². The SMILES string of the molecule is [2H]c1c([2H])c([2H])c(-c2cccc3oc4ccc(-n5c6ccccc6c6cc(-c7ccc8c(c7)c7c([2H])c([2H])c([2H])c([2H])c7n8-c7ccccc7)ccc65)cc4c23)c([2H])c1[2H]. The van der Waals surface area contributed by atoms with Gasteiger partial charge in [0.2, 0.25) is 0 Å². The Morgan fingerprint density at radius 2 is 1.08 bits per heavy atom. The fraction of sp³-hybridized carbons (Fsp3) is 0. The molecule has 0 saturated heterocycles. The molecule has 0 unspecified atom stereocenters. The molecule has 0 N–H and O–H groups in total. The van der Waals surface area contributed by atoms with Gasteiger partial charge in [0.15, 0.2) is 0 Å². The van der Waals surface area contributed by atoms with Crippen molar-refractivity contribution in [1.29, 1.82) is 0 Å². The standard InChI is InChI=1S/C48H30N2O/c1-3-12-31(13-4-1)36-18-11-21-47-48(36)41-30-35(24-27-46(41)51-47)50-43-20-10-8-17-38(43)40-29-33(23-26-45(40)50)32-22-25-44-39(28-32)37-16-7-9-19-42(37)49(44)34-14-5-2-6-15-34/h1-30H/i1D,3D,4D,7D,9D,12D,13D,16D,19D. The molecule has 238 valence electrons. The van der Waals surface area contributed by atoms with Gasteiger partial charge in [0.1, 0.15) is 11.2 Å². The molecule has 3 heteroatoms. The lowest BCUT2D eigenvalue weighted by Crippen LogP contribution is -1.93. The summed E-state index contributed by atoms with van der Waals surface area (Å²) in [5, 5.41) is 4.63. The first-order chi connectivity index (χ1) is 29.0. The van der Waals surface area contributed by atoms with E-state index in [2.05, 4.69) is 34.9 Å². The second kappa shape index (κ2) is 10.8. The summed E-state index contributed by atoms with van der Waals surface area (Å²) in [6, 6.07) is 38.9. The van der Waals surface area contributed by atoms with Crippen LogP contribution >= 0.6 is 0 Å². The molecule has 0 saturated carbocycles. The molecule has 0 aliphatic heterocycles. The molecule has 51 heavy (non-hydrogen) atoms. The molecule has 3 heterocycles. The first kappa shape index (κ1) is 20.6. The van der Waals surface area contributed by atoms with Gasteiger partial charge in [-0.15, -0.1) is 0 Å². The minimum absolute atomic E-state index is 0.0795. The largest absolute Gasteiger partial charge is 0.456 e. The van der Waals surface area contributed by atoms with Crippen molar-refractivity contribution in [2.45, 2.75) is 0 Å². The molecular weight excluding hydrogens is 621 g/mol. The van der Waals surface area contributed by atoms with Crippen LogP contribution in [0, 0.1) is 0 Å². The van der Waals surface area contributed by atoms with Crippen molar-refractivity contribution in [3.05, 3.63) is 182 Å². The predicted octanol–water partition coefficient (Wildman–Crippen LogP) is 13.1. The first-order valence-corrected chi connectivity index (χ1v) is 16.7. The van der Waals surface area contributed by atoms with Crippen LogP contribution in [0.5, 0.6) is 0 Å². The Balaban J connectivity index is 1.11. The Bertz CT molecular complexity index is 3630. The number of hydrogen-bond acceptors (Lipinski definition) is 1. The van der Waals surface area contributed by atoms with Crippen LogP contribution in [0.15, 0.2) is 186 Å². The average molecular weight is 660 g/mol. The Morgan fingerprint density at radius 1 is 0.392 bits per heavy atom. The highest BCUT2D eigenvalue weighted by molar-refractivity contribution is 6.15. The molecule has 11 aromatic rings. The van der Waals surface area contributed by atoms with Gasteiger partial charge in [0, 0.05) is 43.7 Å². The lowest BCUT2D eigenvalue weighted by atomic mass is 9.99. The van der Waals surface area contributed by atoms with Crippen molar-refractivity contribution in [3.8, 4) is 33.6 Å². The summed E-state index contributed by atoms with van der Waals surface area (Å²) in [5.74, 6) is 0. The Kier molecular flexibility index (Phi) is 4.38. The second-order valence-electron chi connectivity index (χ2n) is 12.7. The molecule has 3 aromatic heterocycles. The van der Waals surface area contributed by atoms with Gasteiger partial charge in [-0.25, -0.2) is 0 Å². The van der Waals surface area contributed by atoms with Crippen LogP contribution in [0.3, 0.4) is 0 Å². The summed E-state index contributed by atoms with van der Waals surface area (Å²) in [7, 11) is 0. The molecule has 0 radical (unpaired) electrons. The fourth-order valence-corrected chi connectivity index (χ4v) is 7.72. The highest BCUT2D eigenvalue weighted by atomic mass is 16.3. The summed E-state index contributed by atoms with van der Waals surface area (Å²) >= 11 is 0. The molecule has 0 aliphatic carbocycles. The minimum atomic E-state index is -0.443. The van der Waals surface area contributed by atoms with Gasteiger partial charge in [-0.1, -0.05) is 109 Å².